The van der Waals surface area contributed by atoms with Gasteiger partial charge in [-0.1, -0.05) is 0 Å². The van der Waals surface area contributed by atoms with E-state index in [1.165, 1.54) is 0 Å². The first-order valence-corrected chi connectivity index (χ1v) is 3.01. The molecule has 0 saturated carbocycles. The van der Waals surface area contributed by atoms with E-state index >= 15 is 0 Å². The molecular formula is C6H10N4. The minimum Gasteiger partial charge on any atom is -0.313 e. The van der Waals surface area contributed by atoms with E-state index in [0.717, 1.165) is 5.56 Å². The van der Waals surface area contributed by atoms with E-state index in [-0.39, 0.29) is 0 Å². The lowest BCUT2D eigenvalue weighted by atomic mass is 10.4. The van der Waals surface area contributed by atoms with Crippen LogP contribution in [0.2, 0.25) is 0 Å². The number of hydrogen-bond donors (Lipinski definition) is 1. The molecule has 0 amide bonds. The number of rotatable bonds is 2. The quantitative estimate of drug-likeness (QED) is 0.460. The molecule has 1 aromatic rings. The highest BCUT2D eigenvalue weighted by molar-refractivity contribution is 5.78. The average molecular weight is 138 g/mol. The summed E-state index contributed by atoms with van der Waals surface area (Å²) in [5.41, 5.74) is 3.65. The summed E-state index contributed by atoms with van der Waals surface area (Å²) in [6.45, 7) is 0. The highest BCUT2D eigenvalue weighted by atomic mass is 15.3. The third-order valence-electron chi connectivity index (χ3n) is 1.07. The SMILES string of the molecule is CN/N=C/c1cnn(C)c1. The molecule has 0 aromatic carbocycles. The summed E-state index contributed by atoms with van der Waals surface area (Å²) in [6.07, 6.45) is 5.36. The molecule has 0 unspecified atom stereocenters. The van der Waals surface area contributed by atoms with Crippen LogP contribution < -0.4 is 5.43 Å². The number of hydrogen-bond acceptors (Lipinski definition) is 3. The average Bonchev–Trinajstić information content (AvgIpc) is 2.31. The van der Waals surface area contributed by atoms with Crippen LogP contribution in [0.4, 0.5) is 0 Å². The molecule has 1 aromatic heterocycles. The number of nitrogens with zero attached hydrogens (tertiary/aromatic N) is 3. The van der Waals surface area contributed by atoms with Crippen molar-refractivity contribution in [1.29, 1.82) is 0 Å². The second-order valence-electron chi connectivity index (χ2n) is 1.93. The molecule has 54 valence electrons. The zero-order chi connectivity index (χ0) is 7.40. The molecule has 0 spiro atoms. The van der Waals surface area contributed by atoms with Crippen LogP contribution in [0.25, 0.3) is 0 Å². The van der Waals surface area contributed by atoms with Crippen LogP contribution in [0.15, 0.2) is 17.5 Å². The lowest BCUT2D eigenvalue weighted by molar-refractivity contribution is 0.767. The van der Waals surface area contributed by atoms with Crippen molar-refractivity contribution >= 4 is 6.21 Å². The fraction of sp³-hybridized carbons (Fsp3) is 0.333. The first-order chi connectivity index (χ1) is 4.83. The van der Waals surface area contributed by atoms with E-state index in [1.807, 2.05) is 13.2 Å². The summed E-state index contributed by atoms with van der Waals surface area (Å²) < 4.78 is 1.73. The van der Waals surface area contributed by atoms with E-state index in [4.69, 9.17) is 0 Å². The minimum absolute atomic E-state index is 0.997. The normalized spacial score (nSPS) is 10.6. The third kappa shape index (κ3) is 1.58. The maximum atomic E-state index is 3.97. The summed E-state index contributed by atoms with van der Waals surface area (Å²) in [4.78, 5) is 0. The van der Waals surface area contributed by atoms with Gasteiger partial charge in [-0.05, 0) is 0 Å². The van der Waals surface area contributed by atoms with Crippen LogP contribution in [0.5, 0.6) is 0 Å². The van der Waals surface area contributed by atoms with E-state index in [0.29, 0.717) is 0 Å². The highest BCUT2D eigenvalue weighted by Gasteiger charge is 1.88. The predicted molar refractivity (Wildman–Crippen MR) is 39.9 cm³/mol. The number of aryl methyl sites for hydroxylation is 1. The van der Waals surface area contributed by atoms with Crippen molar-refractivity contribution in [3.05, 3.63) is 18.0 Å². The van der Waals surface area contributed by atoms with Gasteiger partial charge in [-0.3, -0.25) is 4.68 Å². The molecule has 0 aliphatic heterocycles. The van der Waals surface area contributed by atoms with Gasteiger partial charge in [0.2, 0.25) is 0 Å². The predicted octanol–water partition coefficient (Wildman–Crippen LogP) is -0.0266. The Morgan fingerprint density at radius 3 is 3.10 bits per heavy atom. The molecule has 0 radical (unpaired) electrons. The Kier molecular flexibility index (Phi) is 2.04. The molecule has 0 saturated heterocycles. The Labute approximate surface area is 59.5 Å². The van der Waals surface area contributed by atoms with Crippen LogP contribution in [0, 0.1) is 0 Å². The van der Waals surface area contributed by atoms with Crippen LogP contribution in [0.1, 0.15) is 5.56 Å². The second-order valence-corrected chi connectivity index (χ2v) is 1.93. The zero-order valence-corrected chi connectivity index (χ0v) is 6.07. The second kappa shape index (κ2) is 3.00. The van der Waals surface area contributed by atoms with Gasteiger partial charge in [0, 0.05) is 25.9 Å². The summed E-state index contributed by atoms with van der Waals surface area (Å²) in [5, 5.41) is 7.79. The van der Waals surface area contributed by atoms with Crippen molar-refractivity contribution in [3.8, 4) is 0 Å². The first kappa shape index (κ1) is 6.80. The van der Waals surface area contributed by atoms with Gasteiger partial charge in [-0.15, -0.1) is 0 Å². The van der Waals surface area contributed by atoms with Crippen molar-refractivity contribution in [1.82, 2.24) is 15.2 Å². The fourth-order valence-corrected chi connectivity index (χ4v) is 0.646. The molecule has 1 heterocycles. The third-order valence-corrected chi connectivity index (χ3v) is 1.07. The molecular weight excluding hydrogens is 128 g/mol. The van der Waals surface area contributed by atoms with Gasteiger partial charge in [0.15, 0.2) is 0 Å². The van der Waals surface area contributed by atoms with Gasteiger partial charge in [0.05, 0.1) is 12.4 Å². The van der Waals surface area contributed by atoms with Crippen LogP contribution >= 0.6 is 0 Å². The zero-order valence-electron chi connectivity index (χ0n) is 6.07. The molecule has 0 aliphatic rings. The van der Waals surface area contributed by atoms with Gasteiger partial charge < -0.3 is 5.43 Å². The van der Waals surface area contributed by atoms with Gasteiger partial charge >= 0.3 is 0 Å². The maximum absolute atomic E-state index is 3.97. The number of nitrogens with one attached hydrogen (secondary N) is 1. The van der Waals surface area contributed by atoms with E-state index in [2.05, 4.69) is 15.6 Å². The minimum atomic E-state index is 0.997. The monoisotopic (exact) mass is 138 g/mol. The smallest absolute Gasteiger partial charge is 0.0578 e. The largest absolute Gasteiger partial charge is 0.313 e. The van der Waals surface area contributed by atoms with Gasteiger partial charge in [0.25, 0.3) is 0 Å². The van der Waals surface area contributed by atoms with Gasteiger partial charge in [-0.25, -0.2) is 0 Å². The van der Waals surface area contributed by atoms with E-state index in [9.17, 15) is 0 Å². The van der Waals surface area contributed by atoms with Crippen molar-refractivity contribution < 1.29 is 0 Å². The molecule has 10 heavy (non-hydrogen) atoms. The van der Waals surface area contributed by atoms with Crippen LogP contribution in [0.3, 0.4) is 0 Å². The Morgan fingerprint density at radius 1 is 1.80 bits per heavy atom. The summed E-state index contributed by atoms with van der Waals surface area (Å²) >= 11 is 0. The molecule has 0 fully saturated rings. The lowest BCUT2D eigenvalue weighted by Gasteiger charge is -1.83. The van der Waals surface area contributed by atoms with Crippen molar-refractivity contribution in [2.45, 2.75) is 0 Å². The molecule has 1 N–H and O–H groups in total. The topological polar surface area (TPSA) is 42.2 Å². The van der Waals surface area contributed by atoms with Crippen LogP contribution in [-0.2, 0) is 7.05 Å². The van der Waals surface area contributed by atoms with Crippen LogP contribution in [-0.4, -0.2) is 23.0 Å². The Morgan fingerprint density at radius 2 is 2.60 bits per heavy atom. The molecule has 4 nitrogen and oxygen atoms in total. The van der Waals surface area contributed by atoms with Crippen molar-refractivity contribution in [2.75, 3.05) is 7.05 Å². The molecule has 0 atom stereocenters. The fourth-order valence-electron chi connectivity index (χ4n) is 0.646. The van der Waals surface area contributed by atoms with Gasteiger partial charge in [-0.2, -0.15) is 10.2 Å². The molecule has 4 heteroatoms. The Balaban J connectivity index is 2.67. The standard InChI is InChI=1S/C6H10N4/c1-7-8-3-6-4-9-10(2)5-6/h3-5,7H,1-2H3/b8-3+. The summed E-state index contributed by atoms with van der Waals surface area (Å²) in [7, 11) is 3.63. The van der Waals surface area contributed by atoms with Gasteiger partial charge in [0.1, 0.15) is 0 Å². The number of aromatic nitrogens is 2. The van der Waals surface area contributed by atoms with Crippen molar-refractivity contribution in [2.24, 2.45) is 12.1 Å². The Hall–Kier alpha value is -1.32. The van der Waals surface area contributed by atoms with E-state index in [1.54, 1.807) is 24.1 Å². The molecule has 0 aliphatic carbocycles. The highest BCUT2D eigenvalue weighted by Crippen LogP contribution is 1.89. The lowest BCUT2D eigenvalue weighted by Crippen LogP contribution is -1.93. The number of hydrazone groups is 1. The Bertz CT molecular complexity index is 225. The molecule has 1 rings (SSSR count). The molecule has 0 bridgehead atoms. The first-order valence-electron chi connectivity index (χ1n) is 3.01. The summed E-state index contributed by atoms with van der Waals surface area (Å²) in [5.74, 6) is 0. The van der Waals surface area contributed by atoms with Crippen molar-refractivity contribution in [3.63, 3.8) is 0 Å². The maximum Gasteiger partial charge on any atom is 0.0578 e. The summed E-state index contributed by atoms with van der Waals surface area (Å²) in [6, 6.07) is 0. The van der Waals surface area contributed by atoms with E-state index < -0.39 is 0 Å².